The minimum Gasteiger partial charge on any atom is -0.206 e. The van der Waals surface area contributed by atoms with E-state index < -0.39 is 5.41 Å². The van der Waals surface area contributed by atoms with Crippen LogP contribution in [0, 0.1) is 17.1 Å². The van der Waals surface area contributed by atoms with E-state index in [1.165, 1.54) is 6.07 Å². The number of nitrogens with zero attached hydrogens (tertiary/aromatic N) is 1. The molecule has 0 amide bonds. The van der Waals surface area contributed by atoms with Gasteiger partial charge in [0.25, 0.3) is 0 Å². The van der Waals surface area contributed by atoms with Gasteiger partial charge in [-0.25, -0.2) is 4.39 Å². The van der Waals surface area contributed by atoms with Crippen LogP contribution in [0.3, 0.4) is 0 Å². The Labute approximate surface area is 142 Å². The minimum atomic E-state index is -0.613. The summed E-state index contributed by atoms with van der Waals surface area (Å²) in [4.78, 5) is 0. The van der Waals surface area contributed by atoms with Gasteiger partial charge >= 0.3 is 0 Å². The van der Waals surface area contributed by atoms with Crippen molar-refractivity contribution in [2.24, 2.45) is 0 Å². The molecule has 0 unspecified atom stereocenters. The molecule has 0 aromatic heterocycles. The highest BCUT2D eigenvalue weighted by molar-refractivity contribution is 5.96. The molecule has 0 fully saturated rings. The molecule has 3 rings (SSSR count). The molecule has 0 N–H and O–H groups in total. The zero-order valence-electron chi connectivity index (χ0n) is 14.0. The van der Waals surface area contributed by atoms with Crippen LogP contribution in [0.15, 0.2) is 60.7 Å². The molecule has 3 aromatic carbocycles. The zero-order chi connectivity index (χ0) is 17.2. The Morgan fingerprint density at radius 1 is 0.917 bits per heavy atom. The highest BCUT2D eigenvalue weighted by Gasteiger charge is 2.29. The Morgan fingerprint density at radius 2 is 1.62 bits per heavy atom. The highest BCUT2D eigenvalue weighted by atomic mass is 19.1. The lowest BCUT2D eigenvalue weighted by atomic mass is 9.77. The molecule has 0 atom stereocenters. The second-order valence-electron chi connectivity index (χ2n) is 6.12. The lowest BCUT2D eigenvalue weighted by Gasteiger charge is -2.24. The van der Waals surface area contributed by atoms with Crippen LogP contribution in [0.2, 0.25) is 0 Å². The summed E-state index contributed by atoms with van der Waals surface area (Å²) in [5, 5.41) is 11.7. The van der Waals surface area contributed by atoms with E-state index in [-0.39, 0.29) is 5.82 Å². The predicted molar refractivity (Wildman–Crippen MR) is 97.2 cm³/mol. The van der Waals surface area contributed by atoms with Crippen molar-refractivity contribution < 1.29 is 4.39 Å². The van der Waals surface area contributed by atoms with E-state index >= 15 is 0 Å². The smallest absolute Gasteiger partial charge is 0.131 e. The Morgan fingerprint density at radius 3 is 2.29 bits per heavy atom. The van der Waals surface area contributed by atoms with Crippen molar-refractivity contribution in [2.45, 2.75) is 32.1 Å². The second-order valence-corrected chi connectivity index (χ2v) is 6.12. The maximum absolute atomic E-state index is 14.9. The first-order valence-corrected chi connectivity index (χ1v) is 8.34. The van der Waals surface area contributed by atoms with E-state index in [1.807, 2.05) is 68.4 Å². The summed E-state index contributed by atoms with van der Waals surface area (Å²) in [5.41, 5.74) is 1.61. The first-order chi connectivity index (χ1) is 11.6. The third-order valence-electron chi connectivity index (χ3n) is 5.02. The predicted octanol–water partition coefficient (Wildman–Crippen LogP) is 6.23. The van der Waals surface area contributed by atoms with Crippen LogP contribution in [-0.4, -0.2) is 0 Å². The average molecular weight is 317 g/mol. The molecule has 0 saturated heterocycles. The summed E-state index contributed by atoms with van der Waals surface area (Å²) in [6, 6.07) is 21.5. The average Bonchev–Trinajstić information content (AvgIpc) is 2.63. The first-order valence-electron chi connectivity index (χ1n) is 8.34. The van der Waals surface area contributed by atoms with Gasteiger partial charge in [0.2, 0.25) is 0 Å². The van der Waals surface area contributed by atoms with E-state index in [9.17, 15) is 9.65 Å². The number of hydrogen-bond acceptors (Lipinski definition) is 1. The summed E-state index contributed by atoms with van der Waals surface area (Å²) in [6.07, 6.45) is 1.35. The third-order valence-corrected chi connectivity index (χ3v) is 5.02. The Bertz CT molecular complexity index is 911. The molecule has 0 heterocycles. The maximum Gasteiger partial charge on any atom is 0.131 e. The van der Waals surface area contributed by atoms with Crippen molar-refractivity contribution in [1.82, 2.24) is 0 Å². The van der Waals surface area contributed by atoms with Crippen molar-refractivity contribution in [1.29, 1.82) is 5.26 Å². The lowest BCUT2D eigenvalue weighted by molar-refractivity contribution is 0.506. The molecule has 0 spiro atoms. The van der Waals surface area contributed by atoms with Gasteiger partial charge in [-0.05, 0) is 40.8 Å². The van der Waals surface area contributed by atoms with Crippen LogP contribution < -0.4 is 0 Å². The molecule has 0 aliphatic rings. The molecule has 24 heavy (non-hydrogen) atoms. The zero-order valence-corrected chi connectivity index (χ0v) is 14.0. The van der Waals surface area contributed by atoms with Gasteiger partial charge in [-0.1, -0.05) is 68.4 Å². The number of rotatable bonds is 4. The van der Waals surface area contributed by atoms with Crippen LogP contribution in [-0.2, 0) is 5.41 Å². The van der Waals surface area contributed by atoms with Crippen molar-refractivity contribution in [3.63, 3.8) is 0 Å². The quantitative estimate of drug-likeness (QED) is 0.559. The topological polar surface area (TPSA) is 23.8 Å². The van der Waals surface area contributed by atoms with Crippen molar-refractivity contribution in [2.75, 3.05) is 0 Å². The van der Waals surface area contributed by atoms with Crippen LogP contribution in [0.1, 0.15) is 32.3 Å². The summed E-state index contributed by atoms with van der Waals surface area (Å²) >= 11 is 0. The monoisotopic (exact) mass is 317 g/mol. The van der Waals surface area contributed by atoms with E-state index in [4.69, 9.17) is 0 Å². The van der Waals surface area contributed by atoms with Crippen molar-refractivity contribution in [3.8, 4) is 17.2 Å². The SMILES string of the molecule is CCC(C#N)(CC)c1ccc(-c2cccc3ccccc23)c(F)c1. The molecule has 120 valence electrons. The van der Waals surface area contributed by atoms with Crippen molar-refractivity contribution >= 4 is 10.8 Å². The van der Waals surface area contributed by atoms with E-state index in [0.29, 0.717) is 18.4 Å². The second kappa shape index (κ2) is 6.45. The minimum absolute atomic E-state index is 0.273. The molecular weight excluding hydrogens is 297 g/mol. The first kappa shape index (κ1) is 16.2. The largest absolute Gasteiger partial charge is 0.206 e. The van der Waals surface area contributed by atoms with Gasteiger partial charge in [-0.15, -0.1) is 0 Å². The van der Waals surface area contributed by atoms with Gasteiger partial charge in [0.15, 0.2) is 0 Å². The van der Waals surface area contributed by atoms with E-state index in [1.54, 1.807) is 0 Å². The molecule has 3 aromatic rings. The fraction of sp³-hybridized carbons (Fsp3) is 0.227. The molecule has 0 radical (unpaired) electrons. The molecule has 2 heteroatoms. The number of fused-ring (bicyclic) bond motifs is 1. The highest BCUT2D eigenvalue weighted by Crippen LogP contribution is 2.35. The normalized spacial score (nSPS) is 11.4. The standard InChI is InChI=1S/C22H20FN/c1-3-22(4-2,15-24)17-12-13-20(21(23)14-17)19-11-7-9-16-8-5-6-10-18(16)19/h5-14H,3-4H2,1-2H3. The number of benzene rings is 3. The molecule has 0 bridgehead atoms. The lowest BCUT2D eigenvalue weighted by Crippen LogP contribution is -2.22. The Kier molecular flexibility index (Phi) is 4.36. The summed E-state index contributed by atoms with van der Waals surface area (Å²) < 4.78 is 14.9. The number of halogens is 1. The van der Waals surface area contributed by atoms with Crippen LogP contribution in [0.25, 0.3) is 21.9 Å². The fourth-order valence-corrected chi connectivity index (χ4v) is 3.37. The molecular formula is C22H20FN. The van der Waals surface area contributed by atoms with Crippen LogP contribution in [0.4, 0.5) is 4.39 Å². The van der Waals surface area contributed by atoms with E-state index in [2.05, 4.69) is 6.07 Å². The van der Waals surface area contributed by atoms with Crippen LogP contribution >= 0.6 is 0 Å². The van der Waals surface area contributed by atoms with Gasteiger partial charge in [0, 0.05) is 5.56 Å². The summed E-state index contributed by atoms with van der Waals surface area (Å²) in [7, 11) is 0. The number of hydrogen-bond donors (Lipinski definition) is 0. The molecule has 0 aliphatic heterocycles. The molecule has 0 saturated carbocycles. The third kappa shape index (κ3) is 2.57. The summed E-state index contributed by atoms with van der Waals surface area (Å²) in [6.45, 7) is 3.95. The van der Waals surface area contributed by atoms with Gasteiger partial charge in [-0.3, -0.25) is 0 Å². The van der Waals surface area contributed by atoms with Crippen molar-refractivity contribution in [3.05, 3.63) is 72.0 Å². The maximum atomic E-state index is 14.9. The Balaban J connectivity index is 2.16. The van der Waals surface area contributed by atoms with E-state index in [0.717, 1.165) is 21.9 Å². The number of nitriles is 1. The van der Waals surface area contributed by atoms with Gasteiger partial charge in [-0.2, -0.15) is 5.26 Å². The fourth-order valence-electron chi connectivity index (χ4n) is 3.37. The van der Waals surface area contributed by atoms with Crippen LogP contribution in [0.5, 0.6) is 0 Å². The molecule has 0 aliphatic carbocycles. The Hall–Kier alpha value is -2.66. The van der Waals surface area contributed by atoms with Gasteiger partial charge < -0.3 is 0 Å². The summed E-state index contributed by atoms with van der Waals surface area (Å²) in [5.74, 6) is -0.273. The van der Waals surface area contributed by atoms with Gasteiger partial charge in [0.05, 0.1) is 11.5 Å². The molecule has 1 nitrogen and oxygen atoms in total. The van der Waals surface area contributed by atoms with Gasteiger partial charge in [0.1, 0.15) is 5.82 Å².